The monoisotopic (exact) mass is 375 g/mol. The molecule has 0 bridgehead atoms. The highest BCUT2D eigenvalue weighted by atomic mass is 32.2. The fourth-order valence-electron chi connectivity index (χ4n) is 3.43. The van der Waals surface area contributed by atoms with Crippen molar-refractivity contribution in [2.45, 2.75) is 24.8 Å². The molecule has 0 atom stereocenters. The minimum atomic E-state index is -3.57. The highest BCUT2D eigenvalue weighted by molar-refractivity contribution is 7.89. The van der Waals surface area contributed by atoms with Gasteiger partial charge in [0.05, 0.1) is 12.0 Å². The number of rotatable bonds is 3. The third-order valence-corrected chi connectivity index (χ3v) is 6.69. The van der Waals surface area contributed by atoms with Crippen LogP contribution >= 0.6 is 0 Å². The average molecular weight is 375 g/mol. The molecule has 0 N–H and O–H groups in total. The lowest BCUT2D eigenvalue weighted by molar-refractivity contribution is 0.171. The van der Waals surface area contributed by atoms with Crippen molar-refractivity contribution in [3.8, 4) is 17.2 Å². The smallest absolute Gasteiger partial charge is 0.243 e. The van der Waals surface area contributed by atoms with Gasteiger partial charge in [0.15, 0.2) is 11.5 Å². The number of aryl methyl sites for hydroxylation is 1. The van der Waals surface area contributed by atoms with Gasteiger partial charge in [-0.2, -0.15) is 4.31 Å². The zero-order valence-electron chi connectivity index (χ0n) is 14.8. The molecule has 0 saturated carbocycles. The van der Waals surface area contributed by atoms with Gasteiger partial charge >= 0.3 is 0 Å². The van der Waals surface area contributed by atoms with Crippen molar-refractivity contribution >= 4 is 10.0 Å². The van der Waals surface area contributed by atoms with Crippen molar-refractivity contribution in [2.24, 2.45) is 0 Å². The summed E-state index contributed by atoms with van der Waals surface area (Å²) in [5, 5.41) is 0. The first-order valence-corrected chi connectivity index (χ1v) is 9.99. The number of sulfonamides is 1. The first kappa shape index (κ1) is 17.2. The molecular formula is C19H21NO5S. The molecule has 0 saturated heterocycles. The van der Waals surface area contributed by atoms with Crippen molar-refractivity contribution < 1.29 is 22.6 Å². The Bertz CT molecular complexity index is 955. The second kappa shape index (κ2) is 6.48. The van der Waals surface area contributed by atoms with E-state index in [1.807, 2.05) is 19.1 Å². The van der Waals surface area contributed by atoms with Crippen LogP contribution in [0.15, 0.2) is 35.2 Å². The number of methoxy groups -OCH3 is 1. The van der Waals surface area contributed by atoms with E-state index >= 15 is 0 Å². The van der Waals surface area contributed by atoms with Crippen molar-refractivity contribution in [1.82, 2.24) is 4.31 Å². The van der Waals surface area contributed by atoms with Crippen LogP contribution < -0.4 is 14.2 Å². The zero-order valence-corrected chi connectivity index (χ0v) is 15.6. The minimum absolute atomic E-state index is 0.289. The Morgan fingerprint density at radius 3 is 2.38 bits per heavy atom. The predicted octanol–water partition coefficient (Wildman–Crippen LogP) is 2.52. The molecule has 6 nitrogen and oxygen atoms in total. The lowest BCUT2D eigenvalue weighted by Crippen LogP contribution is -2.36. The van der Waals surface area contributed by atoms with Crippen molar-refractivity contribution in [1.29, 1.82) is 0 Å². The molecular weight excluding hydrogens is 354 g/mol. The van der Waals surface area contributed by atoms with Crippen LogP contribution in [0.4, 0.5) is 0 Å². The maximum atomic E-state index is 13.1. The van der Waals surface area contributed by atoms with Gasteiger partial charge in [0, 0.05) is 13.1 Å². The van der Waals surface area contributed by atoms with Crippen molar-refractivity contribution in [3.05, 3.63) is 47.0 Å². The predicted molar refractivity (Wildman–Crippen MR) is 96.5 cm³/mol. The van der Waals surface area contributed by atoms with Crippen molar-refractivity contribution in [2.75, 3.05) is 26.9 Å². The molecule has 0 spiro atoms. The van der Waals surface area contributed by atoms with Gasteiger partial charge in [-0.15, -0.1) is 0 Å². The normalized spacial score (nSPS) is 16.8. The third-order valence-electron chi connectivity index (χ3n) is 4.85. The summed E-state index contributed by atoms with van der Waals surface area (Å²) in [5.41, 5.74) is 2.88. The summed E-state index contributed by atoms with van der Waals surface area (Å²) < 4.78 is 44.1. The van der Waals surface area contributed by atoms with Crippen LogP contribution in [0.2, 0.25) is 0 Å². The van der Waals surface area contributed by atoms with Gasteiger partial charge in [0.25, 0.3) is 0 Å². The van der Waals surface area contributed by atoms with Crippen molar-refractivity contribution in [3.63, 3.8) is 0 Å². The Balaban J connectivity index is 1.64. The van der Waals surface area contributed by atoms with Gasteiger partial charge in [-0.05, 0) is 60.4 Å². The molecule has 7 heteroatoms. The van der Waals surface area contributed by atoms with E-state index in [-0.39, 0.29) is 4.90 Å². The van der Waals surface area contributed by atoms with E-state index in [9.17, 15) is 8.42 Å². The Morgan fingerprint density at radius 2 is 1.73 bits per heavy atom. The number of ether oxygens (including phenoxy) is 3. The summed E-state index contributed by atoms with van der Waals surface area (Å²) in [7, 11) is -1.99. The van der Waals surface area contributed by atoms with E-state index in [1.54, 1.807) is 25.3 Å². The van der Waals surface area contributed by atoms with Gasteiger partial charge in [0.1, 0.15) is 19.0 Å². The summed E-state index contributed by atoms with van der Waals surface area (Å²) in [4.78, 5) is 0.289. The first-order chi connectivity index (χ1) is 12.5. The molecule has 26 heavy (non-hydrogen) atoms. The van der Waals surface area contributed by atoms with Crippen LogP contribution in [0, 0.1) is 6.92 Å². The van der Waals surface area contributed by atoms with E-state index in [1.165, 1.54) is 4.31 Å². The SMILES string of the molecule is COc1ccc(S(=O)(=O)N2CCc3cc4c(cc3C2)OCCO4)cc1C. The summed E-state index contributed by atoms with van der Waals surface area (Å²) in [5.74, 6) is 2.11. The van der Waals surface area contributed by atoms with Crippen LogP contribution in [-0.4, -0.2) is 39.6 Å². The summed E-state index contributed by atoms with van der Waals surface area (Å²) in [6.07, 6.45) is 0.653. The highest BCUT2D eigenvalue weighted by Crippen LogP contribution is 2.36. The maximum Gasteiger partial charge on any atom is 0.243 e. The number of hydrogen-bond acceptors (Lipinski definition) is 5. The fourth-order valence-corrected chi connectivity index (χ4v) is 4.94. The molecule has 0 unspecified atom stereocenters. The first-order valence-electron chi connectivity index (χ1n) is 8.55. The molecule has 138 valence electrons. The van der Waals surface area contributed by atoms with Gasteiger partial charge in [0.2, 0.25) is 10.0 Å². The number of benzene rings is 2. The molecule has 2 aliphatic heterocycles. The zero-order chi connectivity index (χ0) is 18.3. The largest absolute Gasteiger partial charge is 0.496 e. The molecule has 0 aliphatic carbocycles. The summed E-state index contributed by atoms with van der Waals surface area (Å²) in [6.45, 7) is 3.68. The van der Waals surface area contributed by atoms with Crippen LogP contribution in [0.5, 0.6) is 17.2 Å². The van der Waals surface area contributed by atoms with E-state index in [0.717, 1.165) is 22.4 Å². The third kappa shape index (κ3) is 2.91. The Hall–Kier alpha value is -2.25. The lowest BCUT2D eigenvalue weighted by Gasteiger charge is -2.30. The van der Waals surface area contributed by atoms with Gasteiger partial charge < -0.3 is 14.2 Å². The minimum Gasteiger partial charge on any atom is -0.496 e. The topological polar surface area (TPSA) is 65.1 Å². The molecule has 2 heterocycles. The van der Waals surface area contributed by atoms with Gasteiger partial charge in [-0.3, -0.25) is 0 Å². The average Bonchev–Trinajstić information content (AvgIpc) is 2.65. The van der Waals surface area contributed by atoms with E-state index in [0.29, 0.717) is 44.2 Å². The van der Waals surface area contributed by atoms with Crippen LogP contribution in [-0.2, 0) is 23.0 Å². The molecule has 2 aromatic carbocycles. The van der Waals surface area contributed by atoms with Crippen LogP contribution in [0.3, 0.4) is 0 Å². The number of nitrogens with zero attached hydrogens (tertiary/aromatic N) is 1. The van der Waals surface area contributed by atoms with E-state index in [2.05, 4.69) is 0 Å². The highest BCUT2D eigenvalue weighted by Gasteiger charge is 2.30. The molecule has 0 amide bonds. The van der Waals surface area contributed by atoms with Gasteiger partial charge in [-0.1, -0.05) is 0 Å². The maximum absolute atomic E-state index is 13.1. The summed E-state index contributed by atoms with van der Waals surface area (Å²) >= 11 is 0. The molecule has 0 aromatic heterocycles. The summed E-state index contributed by atoms with van der Waals surface area (Å²) in [6, 6.07) is 8.84. The van der Waals surface area contributed by atoms with Crippen LogP contribution in [0.25, 0.3) is 0 Å². The van der Waals surface area contributed by atoms with Crippen LogP contribution in [0.1, 0.15) is 16.7 Å². The molecule has 2 aromatic rings. The number of fused-ring (bicyclic) bond motifs is 2. The molecule has 0 radical (unpaired) electrons. The van der Waals surface area contributed by atoms with Gasteiger partial charge in [-0.25, -0.2) is 8.42 Å². The Kier molecular flexibility index (Phi) is 4.28. The second-order valence-corrected chi connectivity index (χ2v) is 8.42. The van der Waals surface area contributed by atoms with E-state index < -0.39 is 10.0 Å². The second-order valence-electron chi connectivity index (χ2n) is 6.48. The quantitative estimate of drug-likeness (QED) is 0.825. The number of hydrogen-bond donors (Lipinski definition) is 0. The Labute approximate surface area is 153 Å². The Morgan fingerprint density at radius 1 is 1.04 bits per heavy atom. The standard InChI is InChI=1S/C19H21NO5S/c1-13-9-16(3-4-17(13)23-2)26(21,22)20-6-5-14-10-18-19(11-15(14)12-20)25-8-7-24-18/h3-4,9-11H,5-8,12H2,1-2H3. The molecule has 4 rings (SSSR count). The molecule has 0 fully saturated rings. The van der Waals surface area contributed by atoms with E-state index in [4.69, 9.17) is 14.2 Å². The molecule has 2 aliphatic rings. The lowest BCUT2D eigenvalue weighted by atomic mass is 10.00. The fraction of sp³-hybridized carbons (Fsp3) is 0.368.